The molecule has 16 heavy (non-hydrogen) atoms. The molecule has 0 radical (unpaired) electrons. The highest BCUT2D eigenvalue weighted by atomic mass is 14.9. The van der Waals surface area contributed by atoms with Crippen LogP contribution < -0.4 is 5.32 Å². The van der Waals surface area contributed by atoms with Crippen LogP contribution in [-0.2, 0) is 6.42 Å². The fourth-order valence-corrected chi connectivity index (χ4v) is 3.34. The predicted octanol–water partition coefficient (Wildman–Crippen LogP) is 2.26. The SMILES string of the molecule is CNC(Cc1ccccn1)C1CC2CC2C1. The lowest BCUT2D eigenvalue weighted by Crippen LogP contribution is -2.35. The van der Waals surface area contributed by atoms with Crippen molar-refractivity contribution in [2.75, 3.05) is 7.05 Å². The van der Waals surface area contributed by atoms with E-state index in [2.05, 4.69) is 29.5 Å². The van der Waals surface area contributed by atoms with Crippen LogP contribution in [0.25, 0.3) is 0 Å². The number of rotatable bonds is 4. The summed E-state index contributed by atoms with van der Waals surface area (Å²) in [4.78, 5) is 4.43. The highest BCUT2D eigenvalue weighted by Crippen LogP contribution is 2.55. The second kappa shape index (κ2) is 4.17. The van der Waals surface area contributed by atoms with E-state index in [1.165, 1.54) is 25.0 Å². The van der Waals surface area contributed by atoms with Gasteiger partial charge in [0.15, 0.2) is 0 Å². The molecule has 3 rings (SSSR count). The Bertz CT molecular complexity index is 339. The molecule has 2 saturated carbocycles. The molecular weight excluding hydrogens is 196 g/mol. The zero-order valence-corrected chi connectivity index (χ0v) is 9.89. The molecule has 2 fully saturated rings. The fourth-order valence-electron chi connectivity index (χ4n) is 3.34. The minimum Gasteiger partial charge on any atom is -0.316 e. The van der Waals surface area contributed by atoms with Gasteiger partial charge in [0.1, 0.15) is 0 Å². The van der Waals surface area contributed by atoms with Crippen molar-refractivity contribution in [2.24, 2.45) is 17.8 Å². The second-order valence-corrected chi connectivity index (χ2v) is 5.41. The number of hydrogen-bond donors (Lipinski definition) is 1. The molecule has 2 nitrogen and oxygen atoms in total. The van der Waals surface area contributed by atoms with E-state index in [0.29, 0.717) is 6.04 Å². The van der Waals surface area contributed by atoms with Crippen molar-refractivity contribution in [3.8, 4) is 0 Å². The van der Waals surface area contributed by atoms with E-state index >= 15 is 0 Å². The van der Waals surface area contributed by atoms with Crippen molar-refractivity contribution in [3.63, 3.8) is 0 Å². The zero-order chi connectivity index (χ0) is 11.0. The van der Waals surface area contributed by atoms with Gasteiger partial charge >= 0.3 is 0 Å². The first-order valence-corrected chi connectivity index (χ1v) is 6.44. The normalized spacial score (nSPS) is 33.4. The summed E-state index contributed by atoms with van der Waals surface area (Å²) < 4.78 is 0. The van der Waals surface area contributed by atoms with Crippen molar-refractivity contribution in [3.05, 3.63) is 30.1 Å². The van der Waals surface area contributed by atoms with E-state index in [4.69, 9.17) is 0 Å². The number of fused-ring (bicyclic) bond motifs is 1. The summed E-state index contributed by atoms with van der Waals surface area (Å²) in [6.07, 6.45) is 7.39. The summed E-state index contributed by atoms with van der Waals surface area (Å²) in [5.41, 5.74) is 1.22. The third-order valence-electron chi connectivity index (χ3n) is 4.38. The van der Waals surface area contributed by atoms with Crippen LogP contribution in [0, 0.1) is 17.8 Å². The first-order valence-electron chi connectivity index (χ1n) is 6.44. The number of likely N-dealkylation sites (N-methyl/N-ethyl adjacent to an activating group) is 1. The van der Waals surface area contributed by atoms with Gasteiger partial charge in [-0.1, -0.05) is 6.07 Å². The molecule has 1 heterocycles. The third kappa shape index (κ3) is 1.99. The maximum Gasteiger partial charge on any atom is 0.0419 e. The Morgan fingerprint density at radius 3 is 2.75 bits per heavy atom. The van der Waals surface area contributed by atoms with Gasteiger partial charge in [0.25, 0.3) is 0 Å². The first kappa shape index (κ1) is 10.3. The van der Waals surface area contributed by atoms with E-state index in [1.54, 1.807) is 0 Å². The Labute approximate surface area is 97.5 Å². The fraction of sp³-hybridized carbons (Fsp3) is 0.643. The highest BCUT2D eigenvalue weighted by Gasteiger charge is 2.47. The van der Waals surface area contributed by atoms with Crippen molar-refractivity contribution in [2.45, 2.75) is 31.7 Å². The first-order chi connectivity index (χ1) is 7.86. The number of nitrogens with zero attached hydrogens (tertiary/aromatic N) is 1. The number of pyridine rings is 1. The summed E-state index contributed by atoms with van der Waals surface area (Å²) in [6.45, 7) is 0. The van der Waals surface area contributed by atoms with Gasteiger partial charge in [-0.2, -0.15) is 0 Å². The van der Waals surface area contributed by atoms with Crippen LogP contribution >= 0.6 is 0 Å². The van der Waals surface area contributed by atoms with Gasteiger partial charge in [-0.25, -0.2) is 0 Å². The average molecular weight is 216 g/mol. The van der Waals surface area contributed by atoms with E-state index in [0.717, 1.165) is 24.2 Å². The van der Waals surface area contributed by atoms with Crippen LogP contribution in [0.4, 0.5) is 0 Å². The molecule has 0 bridgehead atoms. The maximum absolute atomic E-state index is 4.43. The summed E-state index contributed by atoms with van der Waals surface area (Å²) >= 11 is 0. The van der Waals surface area contributed by atoms with Crippen LogP contribution in [-0.4, -0.2) is 18.1 Å². The molecule has 0 amide bonds. The minimum atomic E-state index is 0.628. The van der Waals surface area contributed by atoms with Crippen LogP contribution in [0.15, 0.2) is 24.4 Å². The Balaban J connectivity index is 1.63. The lowest BCUT2D eigenvalue weighted by Gasteiger charge is -2.24. The molecule has 2 heteroatoms. The van der Waals surface area contributed by atoms with Gasteiger partial charge in [0, 0.05) is 24.4 Å². The molecular formula is C14H20N2. The molecule has 2 aliphatic rings. The molecule has 86 valence electrons. The van der Waals surface area contributed by atoms with Gasteiger partial charge in [0.2, 0.25) is 0 Å². The second-order valence-electron chi connectivity index (χ2n) is 5.41. The molecule has 3 atom stereocenters. The van der Waals surface area contributed by atoms with Crippen molar-refractivity contribution < 1.29 is 0 Å². The van der Waals surface area contributed by atoms with Gasteiger partial charge in [-0.05, 0) is 56.2 Å². The topological polar surface area (TPSA) is 24.9 Å². The highest BCUT2D eigenvalue weighted by molar-refractivity contribution is 5.07. The zero-order valence-electron chi connectivity index (χ0n) is 9.89. The standard InChI is InChI=1S/C14H20N2/c1-15-14(9-13-4-2-3-5-16-13)12-7-10-6-11(10)8-12/h2-5,10-12,14-15H,6-9H2,1H3. The Kier molecular flexibility index (Phi) is 2.68. The van der Waals surface area contributed by atoms with E-state index in [9.17, 15) is 0 Å². The molecule has 0 aliphatic heterocycles. The van der Waals surface area contributed by atoms with Crippen LogP contribution in [0.1, 0.15) is 25.0 Å². The minimum absolute atomic E-state index is 0.628. The molecule has 0 spiro atoms. The van der Waals surface area contributed by atoms with Crippen LogP contribution in [0.3, 0.4) is 0 Å². The summed E-state index contributed by atoms with van der Waals surface area (Å²) in [7, 11) is 2.09. The molecule has 1 aromatic heterocycles. The lowest BCUT2D eigenvalue weighted by atomic mass is 9.91. The summed E-state index contributed by atoms with van der Waals surface area (Å²) in [5.74, 6) is 3.03. The molecule has 3 unspecified atom stereocenters. The van der Waals surface area contributed by atoms with Crippen molar-refractivity contribution >= 4 is 0 Å². The van der Waals surface area contributed by atoms with Gasteiger partial charge in [-0.15, -0.1) is 0 Å². The third-order valence-corrected chi connectivity index (χ3v) is 4.38. The monoisotopic (exact) mass is 216 g/mol. The number of hydrogen-bond acceptors (Lipinski definition) is 2. The molecule has 0 saturated heterocycles. The number of nitrogens with one attached hydrogen (secondary N) is 1. The van der Waals surface area contributed by atoms with E-state index in [1.807, 2.05) is 12.3 Å². The van der Waals surface area contributed by atoms with E-state index < -0.39 is 0 Å². The van der Waals surface area contributed by atoms with Gasteiger partial charge in [0.05, 0.1) is 0 Å². The molecule has 2 aliphatic carbocycles. The van der Waals surface area contributed by atoms with Crippen molar-refractivity contribution in [1.29, 1.82) is 0 Å². The van der Waals surface area contributed by atoms with Gasteiger partial charge in [-0.3, -0.25) is 4.98 Å². The van der Waals surface area contributed by atoms with Crippen molar-refractivity contribution in [1.82, 2.24) is 10.3 Å². The maximum atomic E-state index is 4.43. The lowest BCUT2D eigenvalue weighted by molar-refractivity contribution is 0.347. The van der Waals surface area contributed by atoms with Crippen LogP contribution in [0.5, 0.6) is 0 Å². The summed E-state index contributed by atoms with van der Waals surface area (Å²) in [5, 5.41) is 3.49. The largest absolute Gasteiger partial charge is 0.316 e. The van der Waals surface area contributed by atoms with Crippen LogP contribution in [0.2, 0.25) is 0 Å². The quantitative estimate of drug-likeness (QED) is 0.835. The van der Waals surface area contributed by atoms with E-state index in [-0.39, 0.29) is 0 Å². The Morgan fingerprint density at radius 2 is 2.12 bits per heavy atom. The molecule has 1 aromatic rings. The average Bonchev–Trinajstić information content (AvgIpc) is 2.94. The van der Waals surface area contributed by atoms with Gasteiger partial charge < -0.3 is 5.32 Å². The molecule has 0 aromatic carbocycles. The number of aromatic nitrogens is 1. The summed E-state index contributed by atoms with van der Waals surface area (Å²) in [6, 6.07) is 6.84. The Hall–Kier alpha value is -0.890. The molecule has 1 N–H and O–H groups in total. The smallest absolute Gasteiger partial charge is 0.0419 e. The Morgan fingerprint density at radius 1 is 1.31 bits per heavy atom. The predicted molar refractivity (Wildman–Crippen MR) is 65.1 cm³/mol.